The highest BCUT2D eigenvalue weighted by Crippen LogP contribution is 2.26. The molecule has 1 aromatic rings. The van der Waals surface area contributed by atoms with Crippen LogP contribution in [0.3, 0.4) is 0 Å². The largest absolute Gasteiger partial charge is 0.497 e. The molecule has 2 atom stereocenters. The number of sulfonamides is 1. The third-order valence-electron chi connectivity index (χ3n) is 3.86. The molecule has 0 bridgehead atoms. The second kappa shape index (κ2) is 6.11. The molecule has 0 aromatic heterocycles. The van der Waals surface area contributed by atoms with Crippen LogP contribution in [0.2, 0.25) is 0 Å². The SMILES string of the molecule is COc1ccc(S(=O)(=O)N2CCC[C@@H]([C@H](C)N)C2)cc1. The Morgan fingerprint density at radius 3 is 2.55 bits per heavy atom. The average molecular weight is 298 g/mol. The van der Waals surface area contributed by atoms with Crippen LogP contribution >= 0.6 is 0 Å². The van der Waals surface area contributed by atoms with Crippen molar-refractivity contribution in [2.75, 3.05) is 20.2 Å². The molecule has 1 fully saturated rings. The van der Waals surface area contributed by atoms with Gasteiger partial charge in [-0.05, 0) is 49.9 Å². The van der Waals surface area contributed by atoms with Gasteiger partial charge in [-0.25, -0.2) is 8.42 Å². The normalized spacial score (nSPS) is 22.4. The van der Waals surface area contributed by atoms with Crippen LogP contribution in [0.25, 0.3) is 0 Å². The van der Waals surface area contributed by atoms with Gasteiger partial charge in [-0.2, -0.15) is 4.31 Å². The van der Waals surface area contributed by atoms with E-state index < -0.39 is 10.0 Å². The van der Waals surface area contributed by atoms with Crippen molar-refractivity contribution in [2.45, 2.75) is 30.7 Å². The van der Waals surface area contributed by atoms with Crippen LogP contribution in [0.1, 0.15) is 19.8 Å². The van der Waals surface area contributed by atoms with Gasteiger partial charge in [-0.15, -0.1) is 0 Å². The summed E-state index contributed by atoms with van der Waals surface area (Å²) in [7, 11) is -1.87. The third-order valence-corrected chi connectivity index (χ3v) is 5.74. The van der Waals surface area contributed by atoms with Gasteiger partial charge >= 0.3 is 0 Å². The number of rotatable bonds is 4. The Bertz CT molecular complexity index is 540. The first-order valence-corrected chi connectivity index (χ1v) is 8.29. The van der Waals surface area contributed by atoms with Crippen LogP contribution in [-0.4, -0.2) is 39.0 Å². The second-order valence-electron chi connectivity index (χ2n) is 5.30. The lowest BCUT2D eigenvalue weighted by molar-refractivity contribution is 0.243. The molecule has 20 heavy (non-hydrogen) atoms. The van der Waals surface area contributed by atoms with Gasteiger partial charge in [-0.3, -0.25) is 0 Å². The molecule has 5 nitrogen and oxygen atoms in total. The summed E-state index contributed by atoms with van der Waals surface area (Å²) in [5.41, 5.74) is 5.91. The highest BCUT2D eigenvalue weighted by Gasteiger charge is 2.31. The topological polar surface area (TPSA) is 72.6 Å². The number of benzene rings is 1. The molecule has 112 valence electrons. The molecule has 2 N–H and O–H groups in total. The van der Waals surface area contributed by atoms with E-state index in [2.05, 4.69) is 0 Å². The van der Waals surface area contributed by atoms with Gasteiger partial charge in [0.05, 0.1) is 12.0 Å². The number of piperidine rings is 1. The lowest BCUT2D eigenvalue weighted by Crippen LogP contribution is -2.44. The Morgan fingerprint density at radius 1 is 1.35 bits per heavy atom. The average Bonchev–Trinajstić information content (AvgIpc) is 2.47. The van der Waals surface area contributed by atoms with Gasteiger partial charge in [-0.1, -0.05) is 0 Å². The molecule has 6 heteroatoms. The van der Waals surface area contributed by atoms with Crippen LogP contribution in [0.4, 0.5) is 0 Å². The standard InChI is InChI=1S/C14H22N2O3S/c1-11(15)12-4-3-9-16(10-12)20(17,18)14-7-5-13(19-2)6-8-14/h5-8,11-12H,3-4,9-10,15H2,1-2H3/t11-,12+/m0/s1. The highest BCUT2D eigenvalue weighted by molar-refractivity contribution is 7.89. The molecule has 1 heterocycles. The van der Waals surface area contributed by atoms with Crippen molar-refractivity contribution < 1.29 is 13.2 Å². The molecule has 1 aliphatic heterocycles. The molecular formula is C14H22N2O3S. The van der Waals surface area contributed by atoms with Crippen molar-refractivity contribution in [1.29, 1.82) is 0 Å². The van der Waals surface area contributed by atoms with E-state index in [1.165, 1.54) is 0 Å². The van der Waals surface area contributed by atoms with E-state index in [1.54, 1.807) is 35.7 Å². The molecule has 0 unspecified atom stereocenters. The van der Waals surface area contributed by atoms with Gasteiger partial charge in [0.1, 0.15) is 5.75 Å². The minimum atomic E-state index is -3.43. The van der Waals surface area contributed by atoms with E-state index in [4.69, 9.17) is 10.5 Å². The van der Waals surface area contributed by atoms with Crippen molar-refractivity contribution in [2.24, 2.45) is 11.7 Å². The molecular weight excluding hydrogens is 276 g/mol. The van der Waals surface area contributed by atoms with E-state index in [0.29, 0.717) is 23.7 Å². The minimum Gasteiger partial charge on any atom is -0.497 e. The van der Waals surface area contributed by atoms with E-state index in [1.807, 2.05) is 6.92 Å². The van der Waals surface area contributed by atoms with E-state index >= 15 is 0 Å². The maximum Gasteiger partial charge on any atom is 0.243 e. The Kier molecular flexibility index (Phi) is 4.67. The summed E-state index contributed by atoms with van der Waals surface area (Å²) in [4.78, 5) is 0.309. The Morgan fingerprint density at radius 2 is 2.00 bits per heavy atom. The first kappa shape index (κ1) is 15.3. The molecule has 2 rings (SSSR count). The van der Waals surface area contributed by atoms with Crippen molar-refractivity contribution in [3.8, 4) is 5.75 Å². The van der Waals surface area contributed by atoms with Crippen LogP contribution in [-0.2, 0) is 10.0 Å². The first-order valence-electron chi connectivity index (χ1n) is 6.85. The fourth-order valence-electron chi connectivity index (χ4n) is 2.52. The zero-order valence-corrected chi connectivity index (χ0v) is 12.8. The first-order chi connectivity index (χ1) is 9.45. The summed E-state index contributed by atoms with van der Waals surface area (Å²) in [5.74, 6) is 0.882. The smallest absolute Gasteiger partial charge is 0.243 e. The predicted octanol–water partition coefficient (Wildman–Crippen LogP) is 1.44. The Hall–Kier alpha value is -1.11. The maximum atomic E-state index is 12.6. The fraction of sp³-hybridized carbons (Fsp3) is 0.571. The monoisotopic (exact) mass is 298 g/mol. The van der Waals surface area contributed by atoms with Crippen LogP contribution in [0, 0.1) is 5.92 Å². The zero-order chi connectivity index (χ0) is 14.8. The van der Waals surface area contributed by atoms with Crippen LogP contribution in [0.15, 0.2) is 29.2 Å². The van der Waals surface area contributed by atoms with Crippen LogP contribution in [0.5, 0.6) is 5.75 Å². The number of methoxy groups -OCH3 is 1. The summed E-state index contributed by atoms with van der Waals surface area (Å²) in [5, 5.41) is 0. The summed E-state index contributed by atoms with van der Waals surface area (Å²) in [6, 6.07) is 6.52. The summed E-state index contributed by atoms with van der Waals surface area (Å²) in [6.45, 7) is 3.01. The van der Waals surface area contributed by atoms with Crippen molar-refractivity contribution in [3.63, 3.8) is 0 Å². The summed E-state index contributed by atoms with van der Waals surface area (Å²) >= 11 is 0. The fourth-order valence-corrected chi connectivity index (χ4v) is 4.05. The van der Waals surface area contributed by atoms with E-state index in [9.17, 15) is 8.42 Å². The highest BCUT2D eigenvalue weighted by atomic mass is 32.2. The quantitative estimate of drug-likeness (QED) is 0.913. The minimum absolute atomic E-state index is 0.0175. The third kappa shape index (κ3) is 3.13. The molecule has 0 radical (unpaired) electrons. The zero-order valence-electron chi connectivity index (χ0n) is 12.0. The summed E-state index contributed by atoms with van der Waals surface area (Å²) < 4.78 is 31.8. The Balaban J connectivity index is 2.20. The number of ether oxygens (including phenoxy) is 1. The van der Waals surface area contributed by atoms with Crippen molar-refractivity contribution in [3.05, 3.63) is 24.3 Å². The van der Waals surface area contributed by atoms with Crippen molar-refractivity contribution in [1.82, 2.24) is 4.31 Å². The van der Waals surface area contributed by atoms with Gasteiger partial charge in [0.15, 0.2) is 0 Å². The van der Waals surface area contributed by atoms with E-state index in [-0.39, 0.29) is 12.0 Å². The molecule has 1 aromatic carbocycles. The molecule has 0 aliphatic carbocycles. The van der Waals surface area contributed by atoms with Gasteiger partial charge in [0.2, 0.25) is 10.0 Å². The molecule has 0 amide bonds. The molecule has 1 aliphatic rings. The number of nitrogens with zero attached hydrogens (tertiary/aromatic N) is 1. The molecule has 0 spiro atoms. The lowest BCUT2D eigenvalue weighted by Gasteiger charge is -2.33. The molecule has 0 saturated carbocycles. The van der Waals surface area contributed by atoms with Crippen molar-refractivity contribution >= 4 is 10.0 Å². The Labute approximate surface area is 120 Å². The number of hydrogen-bond donors (Lipinski definition) is 1. The molecule has 1 saturated heterocycles. The van der Waals surface area contributed by atoms with Gasteiger partial charge in [0, 0.05) is 19.1 Å². The maximum absolute atomic E-state index is 12.6. The summed E-state index contributed by atoms with van der Waals surface area (Å²) in [6.07, 6.45) is 1.86. The number of nitrogens with two attached hydrogens (primary N) is 1. The van der Waals surface area contributed by atoms with E-state index in [0.717, 1.165) is 12.8 Å². The second-order valence-corrected chi connectivity index (χ2v) is 7.24. The lowest BCUT2D eigenvalue weighted by atomic mass is 9.93. The van der Waals surface area contributed by atoms with Gasteiger partial charge < -0.3 is 10.5 Å². The number of hydrogen-bond acceptors (Lipinski definition) is 4. The van der Waals surface area contributed by atoms with Crippen LogP contribution < -0.4 is 10.5 Å². The predicted molar refractivity (Wildman–Crippen MR) is 78.1 cm³/mol. The van der Waals surface area contributed by atoms with Gasteiger partial charge in [0.25, 0.3) is 0 Å².